The van der Waals surface area contributed by atoms with E-state index < -0.39 is 12.0 Å². The average Bonchev–Trinajstić information content (AvgIpc) is 3.55. The molecule has 1 unspecified atom stereocenters. The second kappa shape index (κ2) is 11.3. The lowest BCUT2D eigenvalue weighted by molar-refractivity contribution is -0.139. The van der Waals surface area contributed by atoms with Crippen LogP contribution in [-0.4, -0.2) is 45.2 Å². The number of nitrogens with zero attached hydrogens (tertiary/aromatic N) is 3. The van der Waals surface area contributed by atoms with Crippen LogP contribution in [0.15, 0.2) is 78.2 Å². The minimum Gasteiger partial charge on any atom is -0.480 e. The van der Waals surface area contributed by atoms with Crippen LogP contribution >= 0.6 is 23.1 Å². The molecule has 1 aliphatic heterocycles. The van der Waals surface area contributed by atoms with Crippen molar-refractivity contribution in [2.75, 3.05) is 23.6 Å². The van der Waals surface area contributed by atoms with Crippen molar-refractivity contribution in [3.05, 3.63) is 99.9 Å². The number of thioether (sulfide) groups is 1. The lowest BCUT2D eigenvalue weighted by Gasteiger charge is -2.47. The third-order valence-corrected chi connectivity index (χ3v) is 10.1. The number of aryl methyl sites for hydroxylation is 1. The van der Waals surface area contributed by atoms with Crippen LogP contribution in [0.5, 0.6) is 0 Å². The quantitative estimate of drug-likeness (QED) is 0.200. The first-order valence-electron chi connectivity index (χ1n) is 13.8. The maximum Gasteiger partial charge on any atom is 0.327 e. The molecule has 2 atom stereocenters. The summed E-state index contributed by atoms with van der Waals surface area (Å²) < 4.78 is 2.20. The van der Waals surface area contributed by atoms with Crippen LogP contribution in [0.25, 0.3) is 21.7 Å². The Morgan fingerprint density at radius 1 is 1.07 bits per heavy atom. The number of aliphatic carboxylic acids is 1. The van der Waals surface area contributed by atoms with Gasteiger partial charge in [0.2, 0.25) is 0 Å². The summed E-state index contributed by atoms with van der Waals surface area (Å²) in [4.78, 5) is 14.4. The van der Waals surface area contributed by atoms with Crippen LogP contribution in [-0.2, 0) is 24.7 Å². The number of anilines is 1. The molecule has 1 N–H and O–H groups in total. The van der Waals surface area contributed by atoms with Crippen molar-refractivity contribution in [3.63, 3.8) is 0 Å². The summed E-state index contributed by atoms with van der Waals surface area (Å²) in [5.74, 6) is 0.00544. The van der Waals surface area contributed by atoms with Crippen molar-refractivity contribution in [1.82, 2.24) is 9.58 Å². The van der Waals surface area contributed by atoms with Gasteiger partial charge in [-0.05, 0) is 77.6 Å². The molecule has 5 nitrogen and oxygen atoms in total. The molecule has 0 amide bonds. The Morgan fingerprint density at radius 3 is 2.62 bits per heavy atom. The van der Waals surface area contributed by atoms with Gasteiger partial charge in [0.1, 0.15) is 6.04 Å². The molecule has 0 radical (unpaired) electrons. The predicted molar refractivity (Wildman–Crippen MR) is 170 cm³/mol. The first-order chi connectivity index (χ1) is 19.5. The van der Waals surface area contributed by atoms with Crippen LogP contribution < -0.4 is 5.01 Å². The molecule has 3 aromatic carbocycles. The molecular formula is C33H35N3O2S2. The molecule has 0 spiro atoms. The van der Waals surface area contributed by atoms with E-state index in [0.29, 0.717) is 6.42 Å². The minimum absolute atomic E-state index is 0.0315. The zero-order valence-electron chi connectivity index (χ0n) is 23.2. The molecular weight excluding hydrogens is 535 g/mol. The Labute approximate surface area is 244 Å². The van der Waals surface area contributed by atoms with Crippen LogP contribution in [0.1, 0.15) is 34.2 Å². The third kappa shape index (κ3) is 4.70. The van der Waals surface area contributed by atoms with Crippen molar-refractivity contribution in [2.24, 2.45) is 7.05 Å². The minimum atomic E-state index is -0.776. The number of hydrogen-bond acceptors (Lipinski definition) is 5. The molecule has 0 aliphatic carbocycles. The largest absolute Gasteiger partial charge is 0.480 e. The van der Waals surface area contributed by atoms with E-state index in [-0.39, 0.29) is 6.04 Å². The van der Waals surface area contributed by atoms with Gasteiger partial charge in [-0.25, -0.2) is 9.80 Å². The van der Waals surface area contributed by atoms with E-state index in [4.69, 9.17) is 0 Å². The molecule has 2 aromatic heterocycles. The van der Waals surface area contributed by atoms with Crippen molar-refractivity contribution in [2.45, 2.75) is 38.3 Å². The fraction of sp³-hybridized carbons (Fsp3) is 0.303. The van der Waals surface area contributed by atoms with E-state index in [2.05, 4.69) is 113 Å². The first kappa shape index (κ1) is 26.9. The van der Waals surface area contributed by atoms with Gasteiger partial charge in [0.15, 0.2) is 0 Å². The molecule has 1 aliphatic rings. The summed E-state index contributed by atoms with van der Waals surface area (Å²) >= 11 is 3.50. The highest BCUT2D eigenvalue weighted by Crippen LogP contribution is 2.43. The number of benzene rings is 3. The Bertz CT molecular complexity index is 1670. The molecule has 0 saturated carbocycles. The number of carboxylic acid groups (broad SMARTS) is 1. The van der Waals surface area contributed by atoms with Crippen LogP contribution in [0.3, 0.4) is 0 Å². The second-order valence-electron chi connectivity index (χ2n) is 10.6. The van der Waals surface area contributed by atoms with Gasteiger partial charge >= 0.3 is 5.97 Å². The zero-order chi connectivity index (χ0) is 27.8. The van der Waals surface area contributed by atoms with Gasteiger partial charge < -0.3 is 9.67 Å². The van der Waals surface area contributed by atoms with Gasteiger partial charge in [0.05, 0.1) is 17.2 Å². The van der Waals surface area contributed by atoms with Crippen molar-refractivity contribution >= 4 is 56.4 Å². The Morgan fingerprint density at radius 2 is 1.82 bits per heavy atom. The van der Waals surface area contributed by atoms with Crippen LogP contribution in [0.2, 0.25) is 0 Å². The summed E-state index contributed by atoms with van der Waals surface area (Å²) in [6, 6.07) is 25.1. The van der Waals surface area contributed by atoms with Gasteiger partial charge in [0.25, 0.3) is 0 Å². The lowest BCUT2D eigenvalue weighted by atomic mass is 9.93. The molecule has 5 aromatic rings. The van der Waals surface area contributed by atoms with Gasteiger partial charge in [0, 0.05) is 29.5 Å². The monoisotopic (exact) mass is 569 g/mol. The maximum absolute atomic E-state index is 13.1. The average molecular weight is 570 g/mol. The topological polar surface area (TPSA) is 48.7 Å². The Kier molecular flexibility index (Phi) is 7.62. The van der Waals surface area contributed by atoms with Crippen molar-refractivity contribution in [3.8, 4) is 0 Å². The van der Waals surface area contributed by atoms with Crippen molar-refractivity contribution in [1.29, 1.82) is 0 Å². The number of carbonyl (C=O) groups is 1. The highest BCUT2D eigenvalue weighted by atomic mass is 32.2. The molecule has 7 heteroatoms. The summed E-state index contributed by atoms with van der Waals surface area (Å²) in [6.07, 6.45) is 4.33. The molecule has 0 bridgehead atoms. The Hall–Kier alpha value is -3.26. The maximum atomic E-state index is 13.1. The SMILES string of the molecule is CSCC[C@@H](C(=O)O)N(c1c(C)n(C)c2ccccc12)N1CCc2ccsc2C1Cc1cccc2ccccc12. The predicted octanol–water partition coefficient (Wildman–Crippen LogP) is 7.47. The summed E-state index contributed by atoms with van der Waals surface area (Å²) in [6.45, 7) is 2.89. The van der Waals surface area contributed by atoms with Gasteiger partial charge in [-0.2, -0.15) is 11.8 Å². The van der Waals surface area contributed by atoms with E-state index in [1.54, 1.807) is 23.1 Å². The summed E-state index contributed by atoms with van der Waals surface area (Å²) in [7, 11) is 2.08. The molecule has 0 saturated heterocycles. The third-order valence-electron chi connectivity index (χ3n) is 8.39. The van der Waals surface area contributed by atoms with E-state index in [1.165, 1.54) is 26.8 Å². The summed E-state index contributed by atoms with van der Waals surface area (Å²) in [5.41, 5.74) is 5.89. The molecule has 206 valence electrons. The van der Waals surface area contributed by atoms with Crippen molar-refractivity contribution < 1.29 is 9.90 Å². The Balaban J connectivity index is 1.54. The number of rotatable bonds is 9. The highest BCUT2D eigenvalue weighted by Gasteiger charge is 2.40. The molecule has 40 heavy (non-hydrogen) atoms. The normalized spacial score (nSPS) is 16.3. The number of hydrazine groups is 1. The van der Waals surface area contributed by atoms with Crippen LogP contribution in [0, 0.1) is 6.92 Å². The van der Waals surface area contributed by atoms with E-state index in [1.807, 2.05) is 0 Å². The smallest absolute Gasteiger partial charge is 0.327 e. The number of aromatic nitrogens is 1. The molecule has 6 rings (SSSR count). The van der Waals surface area contributed by atoms with Gasteiger partial charge in [-0.3, -0.25) is 5.01 Å². The van der Waals surface area contributed by atoms with Crippen LogP contribution in [0.4, 0.5) is 5.69 Å². The van der Waals surface area contributed by atoms with Gasteiger partial charge in [-0.1, -0.05) is 60.7 Å². The number of para-hydroxylation sites is 1. The fourth-order valence-electron chi connectivity index (χ4n) is 6.34. The number of hydrogen-bond donors (Lipinski definition) is 1. The number of fused-ring (bicyclic) bond motifs is 3. The fourth-order valence-corrected chi connectivity index (χ4v) is 7.86. The van der Waals surface area contributed by atoms with E-state index in [0.717, 1.165) is 47.4 Å². The zero-order valence-corrected chi connectivity index (χ0v) is 24.8. The number of carboxylic acids is 1. The highest BCUT2D eigenvalue weighted by molar-refractivity contribution is 7.98. The molecule has 3 heterocycles. The summed E-state index contributed by atoms with van der Waals surface area (Å²) in [5, 5.41) is 21.1. The van der Waals surface area contributed by atoms with E-state index in [9.17, 15) is 9.90 Å². The van der Waals surface area contributed by atoms with Gasteiger partial charge in [-0.15, -0.1) is 11.3 Å². The first-order valence-corrected chi connectivity index (χ1v) is 16.1. The second-order valence-corrected chi connectivity index (χ2v) is 12.5. The molecule has 0 fully saturated rings. The standard InChI is InChI=1S/C33H35N3O2S2/c1-22-31(27-13-6-7-14-28(27)34(22)2)36(29(33(37)38)17-19-39-3)35-18-15-24-16-20-40-32(24)30(35)21-25-11-8-10-23-9-4-5-12-26(23)25/h4-14,16,20,29-30H,15,17-19,21H2,1-3H3,(H,37,38)/t29-,30?/m0/s1. The van der Waals surface area contributed by atoms with E-state index >= 15 is 0 Å². The number of thiophene rings is 1. The lowest BCUT2D eigenvalue weighted by Crippen LogP contribution is -2.56.